The summed E-state index contributed by atoms with van der Waals surface area (Å²) >= 11 is 6.13. The summed E-state index contributed by atoms with van der Waals surface area (Å²) in [7, 11) is 0. The van der Waals surface area contributed by atoms with Crippen LogP contribution in [-0.4, -0.2) is 11.7 Å². The van der Waals surface area contributed by atoms with Crippen LogP contribution in [0.4, 0.5) is 10.1 Å². The Hall–Kier alpha value is -3.24. The van der Waals surface area contributed by atoms with Crippen molar-refractivity contribution in [3.63, 3.8) is 0 Å². The third kappa shape index (κ3) is 3.66. The van der Waals surface area contributed by atoms with Crippen molar-refractivity contribution in [3.8, 4) is 11.1 Å². The maximum Gasteiger partial charge on any atom is 0.224 e. The van der Waals surface area contributed by atoms with Crippen LogP contribution in [0.2, 0.25) is 5.02 Å². The van der Waals surface area contributed by atoms with Crippen LogP contribution in [0, 0.1) is 5.82 Å². The van der Waals surface area contributed by atoms with Crippen molar-refractivity contribution < 1.29 is 14.0 Å². The van der Waals surface area contributed by atoms with Gasteiger partial charge in [-0.2, -0.15) is 0 Å². The largest absolute Gasteiger partial charge is 0.308 e. The van der Waals surface area contributed by atoms with Crippen LogP contribution in [0.3, 0.4) is 0 Å². The topological polar surface area (TPSA) is 37.4 Å². The van der Waals surface area contributed by atoms with Crippen molar-refractivity contribution in [1.82, 2.24) is 0 Å². The second-order valence-corrected chi connectivity index (χ2v) is 7.71. The van der Waals surface area contributed by atoms with E-state index < -0.39 is 5.82 Å². The molecule has 3 nitrogen and oxygen atoms in total. The Morgan fingerprint density at radius 1 is 0.933 bits per heavy atom. The number of anilines is 1. The zero-order valence-electron chi connectivity index (χ0n) is 16.6. The predicted molar refractivity (Wildman–Crippen MR) is 119 cm³/mol. The van der Waals surface area contributed by atoms with Gasteiger partial charge in [0.2, 0.25) is 5.91 Å². The summed E-state index contributed by atoms with van der Waals surface area (Å²) in [6, 6.07) is 15.5. The monoisotopic (exact) mass is 419 g/mol. The van der Waals surface area contributed by atoms with E-state index in [2.05, 4.69) is 0 Å². The van der Waals surface area contributed by atoms with Crippen molar-refractivity contribution in [2.24, 2.45) is 0 Å². The van der Waals surface area contributed by atoms with Gasteiger partial charge in [-0.05, 0) is 59.5 Å². The number of rotatable bonds is 2. The Balaban J connectivity index is 1.91. The van der Waals surface area contributed by atoms with Crippen molar-refractivity contribution in [3.05, 3.63) is 87.7 Å². The molecule has 5 heteroatoms. The smallest absolute Gasteiger partial charge is 0.224 e. The minimum absolute atomic E-state index is 0.130. The van der Waals surface area contributed by atoms with E-state index in [-0.39, 0.29) is 18.2 Å². The number of hydrogen-bond donors (Lipinski definition) is 0. The predicted octanol–water partition coefficient (Wildman–Crippen LogP) is 6.39. The van der Waals surface area contributed by atoms with Gasteiger partial charge in [-0.15, -0.1) is 0 Å². The first kappa shape index (κ1) is 20.0. The fraction of sp³-hybridized carbons (Fsp3) is 0.120. The molecular formula is C25H19ClFNO2. The van der Waals surface area contributed by atoms with E-state index in [1.54, 1.807) is 47.4 Å². The molecule has 1 amide bonds. The van der Waals surface area contributed by atoms with Crippen LogP contribution >= 0.6 is 11.6 Å². The Kier molecular flexibility index (Phi) is 5.27. The second-order valence-electron chi connectivity index (χ2n) is 7.27. The van der Waals surface area contributed by atoms with Crippen molar-refractivity contribution in [2.45, 2.75) is 20.4 Å². The summed E-state index contributed by atoms with van der Waals surface area (Å²) in [6.07, 6.45) is 3.66. The highest BCUT2D eigenvalue weighted by molar-refractivity contribution is 6.30. The van der Waals surface area contributed by atoms with Gasteiger partial charge in [0.15, 0.2) is 5.78 Å². The molecule has 30 heavy (non-hydrogen) atoms. The summed E-state index contributed by atoms with van der Waals surface area (Å²) in [5.74, 6) is -0.684. The molecule has 0 saturated heterocycles. The lowest BCUT2D eigenvalue weighted by Gasteiger charge is -2.26. The number of hydrogen-bond acceptors (Lipinski definition) is 2. The van der Waals surface area contributed by atoms with E-state index in [9.17, 15) is 9.59 Å². The molecule has 0 saturated carbocycles. The summed E-state index contributed by atoms with van der Waals surface area (Å²) in [6.45, 7) is 3.24. The molecular weight excluding hydrogens is 401 g/mol. The van der Waals surface area contributed by atoms with E-state index in [0.717, 1.165) is 16.8 Å². The zero-order chi connectivity index (χ0) is 21.4. The first-order valence-electron chi connectivity index (χ1n) is 9.53. The molecule has 0 fully saturated rings. The molecule has 0 radical (unpaired) electrons. The SMILES string of the molecule is CC(=O)c1ccccc1-c1cc2c(cc1F)/C=C\c1cc(Cl)ccc1N(C(C)=O)C2. The van der Waals surface area contributed by atoms with Crippen LogP contribution < -0.4 is 4.90 Å². The fourth-order valence-corrected chi connectivity index (χ4v) is 3.96. The second kappa shape index (κ2) is 7.88. The lowest BCUT2D eigenvalue weighted by atomic mass is 9.92. The van der Waals surface area contributed by atoms with Gasteiger partial charge in [0, 0.05) is 23.1 Å². The van der Waals surface area contributed by atoms with Gasteiger partial charge in [-0.1, -0.05) is 48.0 Å². The third-order valence-electron chi connectivity index (χ3n) is 5.26. The minimum atomic E-state index is -0.423. The average molecular weight is 420 g/mol. The lowest BCUT2D eigenvalue weighted by Crippen LogP contribution is -2.29. The fourth-order valence-electron chi connectivity index (χ4n) is 3.78. The summed E-state index contributed by atoms with van der Waals surface area (Å²) in [5, 5.41) is 0.560. The summed E-state index contributed by atoms with van der Waals surface area (Å²) < 4.78 is 15.1. The minimum Gasteiger partial charge on any atom is -0.308 e. The molecule has 0 aromatic heterocycles. The maximum absolute atomic E-state index is 15.1. The zero-order valence-corrected chi connectivity index (χ0v) is 17.3. The number of Topliss-reactive ketones (excluding diaryl/α,β-unsaturated/α-hetero) is 1. The third-order valence-corrected chi connectivity index (χ3v) is 5.49. The standard InChI is InChI=1S/C25H19ClFNO2/c1-15(29)21-5-3-4-6-22(21)23-12-19-14-28(16(2)30)25-10-9-20(26)11-18(25)8-7-17(19)13-24(23)27/h3-13H,14H2,1-2H3/b8-7-. The highest BCUT2D eigenvalue weighted by atomic mass is 35.5. The van der Waals surface area contributed by atoms with Gasteiger partial charge in [-0.3, -0.25) is 9.59 Å². The van der Waals surface area contributed by atoms with Crippen molar-refractivity contribution in [2.75, 3.05) is 4.90 Å². The number of nitrogens with zero attached hydrogens (tertiary/aromatic N) is 1. The Bertz CT molecular complexity index is 1220. The maximum atomic E-state index is 15.1. The van der Waals surface area contributed by atoms with Crippen molar-refractivity contribution >= 4 is 41.1 Å². The molecule has 4 rings (SSSR count). The van der Waals surface area contributed by atoms with Crippen LogP contribution in [-0.2, 0) is 11.3 Å². The quantitative estimate of drug-likeness (QED) is 0.451. The van der Waals surface area contributed by atoms with E-state index >= 15 is 4.39 Å². The number of ketones is 1. The lowest BCUT2D eigenvalue weighted by molar-refractivity contribution is -0.116. The van der Waals surface area contributed by atoms with Gasteiger partial charge in [0.1, 0.15) is 5.82 Å². The van der Waals surface area contributed by atoms with Crippen molar-refractivity contribution in [1.29, 1.82) is 0 Å². The molecule has 1 aliphatic heterocycles. The number of benzene rings is 3. The van der Waals surface area contributed by atoms with Gasteiger partial charge >= 0.3 is 0 Å². The molecule has 1 heterocycles. The Morgan fingerprint density at radius 3 is 2.40 bits per heavy atom. The van der Waals surface area contributed by atoms with E-state index in [1.165, 1.54) is 19.9 Å². The number of halogens is 2. The molecule has 1 aliphatic rings. The molecule has 3 aromatic rings. The average Bonchev–Trinajstić information content (AvgIpc) is 2.70. The van der Waals surface area contributed by atoms with Crippen LogP contribution in [0.25, 0.3) is 23.3 Å². The first-order valence-corrected chi connectivity index (χ1v) is 9.91. The highest BCUT2D eigenvalue weighted by Crippen LogP contribution is 2.35. The highest BCUT2D eigenvalue weighted by Gasteiger charge is 2.21. The summed E-state index contributed by atoms with van der Waals surface area (Å²) in [4.78, 5) is 26.1. The first-order chi connectivity index (χ1) is 14.3. The molecule has 150 valence electrons. The normalized spacial score (nSPS) is 13.7. The van der Waals surface area contributed by atoms with Gasteiger partial charge in [0.25, 0.3) is 0 Å². The van der Waals surface area contributed by atoms with E-state index in [1.807, 2.05) is 18.2 Å². The number of amides is 1. The molecule has 0 N–H and O–H groups in total. The number of fused-ring (bicyclic) bond motifs is 2. The van der Waals surface area contributed by atoms with E-state index in [0.29, 0.717) is 27.3 Å². The summed E-state index contributed by atoms with van der Waals surface area (Å²) in [5.41, 5.74) is 4.33. The molecule has 0 unspecified atom stereocenters. The molecule has 3 aromatic carbocycles. The number of carbonyl (C=O) groups is 2. The van der Waals surface area contributed by atoms with Crippen LogP contribution in [0.15, 0.2) is 54.6 Å². The van der Waals surface area contributed by atoms with Gasteiger partial charge in [0.05, 0.1) is 12.2 Å². The Labute approximate surface area is 179 Å². The number of carbonyl (C=O) groups excluding carboxylic acids is 2. The van der Waals surface area contributed by atoms with Crippen LogP contribution in [0.5, 0.6) is 0 Å². The molecule has 0 bridgehead atoms. The molecule has 0 atom stereocenters. The van der Waals surface area contributed by atoms with Gasteiger partial charge in [-0.25, -0.2) is 4.39 Å². The van der Waals surface area contributed by atoms with Crippen LogP contribution in [0.1, 0.15) is 40.9 Å². The molecule has 0 spiro atoms. The Morgan fingerprint density at radius 2 is 1.67 bits per heavy atom. The molecule has 0 aliphatic carbocycles. The van der Waals surface area contributed by atoms with E-state index in [4.69, 9.17) is 11.6 Å². The van der Waals surface area contributed by atoms with Gasteiger partial charge < -0.3 is 4.90 Å².